The van der Waals surface area contributed by atoms with E-state index in [0.717, 1.165) is 31.4 Å². The molecule has 21 heavy (non-hydrogen) atoms. The van der Waals surface area contributed by atoms with Crippen LogP contribution < -0.4 is 4.74 Å². The molecule has 0 aromatic heterocycles. The van der Waals surface area contributed by atoms with E-state index in [-0.39, 0.29) is 10.4 Å². The summed E-state index contributed by atoms with van der Waals surface area (Å²) in [5.74, 6) is 0.900. The molecular weight excluding hydrogens is 328 g/mol. The average molecular weight is 355 g/mol. The highest BCUT2D eigenvalue weighted by Gasteiger charge is 2.23. The molecule has 0 unspecified atom stereocenters. The van der Waals surface area contributed by atoms with Crippen LogP contribution in [0.1, 0.15) is 45.6 Å². The molecule has 0 radical (unpaired) electrons. The van der Waals surface area contributed by atoms with Crippen molar-refractivity contribution < 1.29 is 9.84 Å². The predicted octanol–water partition coefficient (Wildman–Crippen LogP) is 4.89. The van der Waals surface area contributed by atoms with Crippen molar-refractivity contribution in [1.82, 2.24) is 0 Å². The van der Waals surface area contributed by atoms with Gasteiger partial charge in [0.15, 0.2) is 0 Å². The quantitative estimate of drug-likeness (QED) is 0.531. The lowest BCUT2D eigenvalue weighted by Gasteiger charge is -2.23. The summed E-state index contributed by atoms with van der Waals surface area (Å²) in [6, 6.07) is 8.22. The van der Waals surface area contributed by atoms with Crippen molar-refractivity contribution in [3.63, 3.8) is 0 Å². The van der Waals surface area contributed by atoms with Gasteiger partial charge >= 0.3 is 0 Å². The Morgan fingerprint density at radius 1 is 1.33 bits per heavy atom. The van der Waals surface area contributed by atoms with Crippen molar-refractivity contribution in [2.45, 2.75) is 56.9 Å². The molecule has 1 N–H and O–H groups in total. The lowest BCUT2D eigenvalue weighted by Crippen LogP contribution is -2.29. The van der Waals surface area contributed by atoms with Gasteiger partial charge in [-0.15, -0.1) is 0 Å². The van der Waals surface area contributed by atoms with Crippen LogP contribution in [0, 0.1) is 0 Å². The predicted molar refractivity (Wildman–Crippen MR) is 93.3 cm³/mol. The van der Waals surface area contributed by atoms with Crippen LogP contribution in [0.3, 0.4) is 0 Å². The lowest BCUT2D eigenvalue weighted by molar-refractivity contribution is 0.135. The van der Waals surface area contributed by atoms with E-state index >= 15 is 0 Å². The first kappa shape index (κ1) is 18.2. The summed E-state index contributed by atoms with van der Waals surface area (Å²) in [6.45, 7) is 6.14. The molecule has 2 nitrogen and oxygen atoms in total. The summed E-state index contributed by atoms with van der Waals surface area (Å²) in [5.41, 5.74) is 2.67. The average Bonchev–Trinajstić information content (AvgIpc) is 2.44. The molecular formula is C18H27BrO2. The third-order valence-corrected chi connectivity index (χ3v) is 4.22. The number of aliphatic hydroxyl groups excluding tert-OH is 1. The lowest BCUT2D eigenvalue weighted by atomic mass is 9.99. The van der Waals surface area contributed by atoms with Gasteiger partial charge in [0.1, 0.15) is 5.75 Å². The third kappa shape index (κ3) is 7.14. The molecule has 118 valence electrons. The van der Waals surface area contributed by atoms with Gasteiger partial charge in [0.25, 0.3) is 0 Å². The van der Waals surface area contributed by atoms with Crippen LogP contribution in [-0.4, -0.2) is 22.6 Å². The van der Waals surface area contributed by atoms with Gasteiger partial charge in [0, 0.05) is 4.32 Å². The summed E-state index contributed by atoms with van der Waals surface area (Å²) in [7, 11) is 1.68. The van der Waals surface area contributed by atoms with Crippen LogP contribution in [0.4, 0.5) is 0 Å². The second kappa shape index (κ2) is 8.60. The van der Waals surface area contributed by atoms with Gasteiger partial charge in [-0.05, 0) is 64.2 Å². The Morgan fingerprint density at radius 2 is 1.95 bits per heavy atom. The van der Waals surface area contributed by atoms with Crippen LogP contribution in [0.15, 0.2) is 35.9 Å². The Hall–Kier alpha value is -0.800. The van der Waals surface area contributed by atoms with Gasteiger partial charge in [-0.3, -0.25) is 0 Å². The number of aliphatic hydroxyl groups is 1. The third-order valence-electron chi connectivity index (χ3n) is 3.69. The van der Waals surface area contributed by atoms with Crippen LogP contribution in [0.2, 0.25) is 0 Å². The number of hydrogen-bond donors (Lipinski definition) is 1. The van der Waals surface area contributed by atoms with E-state index in [1.54, 1.807) is 7.11 Å². The van der Waals surface area contributed by atoms with Crippen molar-refractivity contribution in [2.24, 2.45) is 0 Å². The molecule has 1 rings (SSSR count). The number of alkyl halides is 1. The number of hydrogen-bond acceptors (Lipinski definition) is 2. The molecule has 0 aliphatic carbocycles. The van der Waals surface area contributed by atoms with Crippen LogP contribution in [0.5, 0.6) is 5.75 Å². The number of benzene rings is 1. The number of allylic oxidation sites excluding steroid dienone is 2. The van der Waals surface area contributed by atoms with Crippen molar-refractivity contribution in [3.05, 3.63) is 41.5 Å². The maximum atomic E-state index is 10.0. The highest BCUT2D eigenvalue weighted by Crippen LogP contribution is 2.25. The highest BCUT2D eigenvalue weighted by molar-refractivity contribution is 9.10. The normalized spacial score (nSPS) is 14.1. The van der Waals surface area contributed by atoms with Gasteiger partial charge in [-0.1, -0.05) is 39.7 Å². The monoisotopic (exact) mass is 354 g/mol. The minimum Gasteiger partial charge on any atom is -0.497 e. The Balaban J connectivity index is 2.35. The van der Waals surface area contributed by atoms with E-state index in [1.165, 1.54) is 11.1 Å². The topological polar surface area (TPSA) is 29.5 Å². The van der Waals surface area contributed by atoms with Gasteiger partial charge < -0.3 is 9.84 Å². The SMILES string of the molecule is COc1ccc(CC/C=C(\C)CC[C@H](O)C(C)(C)Br)cc1. The van der Waals surface area contributed by atoms with E-state index < -0.39 is 0 Å². The maximum Gasteiger partial charge on any atom is 0.118 e. The van der Waals surface area contributed by atoms with E-state index in [0.29, 0.717) is 0 Å². The number of aryl methyl sites for hydroxylation is 1. The molecule has 1 aromatic carbocycles. The first-order valence-electron chi connectivity index (χ1n) is 7.48. The number of halogens is 1. The second-order valence-corrected chi connectivity index (χ2v) is 8.10. The fourth-order valence-electron chi connectivity index (χ4n) is 2.09. The minimum absolute atomic E-state index is 0.212. The Morgan fingerprint density at radius 3 is 2.48 bits per heavy atom. The Labute approximate surface area is 137 Å². The Kier molecular flexibility index (Phi) is 7.47. The van der Waals surface area contributed by atoms with Crippen LogP contribution in [-0.2, 0) is 6.42 Å². The fraction of sp³-hybridized carbons (Fsp3) is 0.556. The minimum atomic E-state index is -0.317. The van der Waals surface area contributed by atoms with Crippen molar-refractivity contribution in [1.29, 1.82) is 0 Å². The molecule has 0 aliphatic rings. The summed E-state index contributed by atoms with van der Waals surface area (Å²) in [5, 5.41) is 10.0. The zero-order valence-corrected chi connectivity index (χ0v) is 15.1. The first-order chi connectivity index (χ1) is 9.82. The largest absolute Gasteiger partial charge is 0.497 e. The van der Waals surface area contributed by atoms with Gasteiger partial charge in [-0.25, -0.2) is 0 Å². The second-order valence-electron chi connectivity index (χ2n) is 6.06. The summed E-state index contributed by atoms with van der Waals surface area (Å²) in [4.78, 5) is 0. The molecule has 0 spiro atoms. The standard InChI is InChI=1S/C18H27BrO2/c1-14(8-13-17(20)18(2,3)19)6-5-7-15-9-11-16(21-4)12-10-15/h6,9-12,17,20H,5,7-8,13H2,1-4H3/b14-6+/t17-/m0/s1. The molecule has 3 heteroatoms. The Bertz CT molecular complexity index is 443. The summed E-state index contributed by atoms with van der Waals surface area (Å²) >= 11 is 3.51. The maximum absolute atomic E-state index is 10.0. The van der Waals surface area contributed by atoms with Gasteiger partial charge in [0.05, 0.1) is 13.2 Å². The van der Waals surface area contributed by atoms with Gasteiger partial charge in [-0.2, -0.15) is 0 Å². The number of rotatable bonds is 8. The molecule has 0 heterocycles. The molecule has 0 aliphatic heterocycles. The molecule has 0 amide bonds. The fourth-order valence-corrected chi connectivity index (χ4v) is 2.32. The highest BCUT2D eigenvalue weighted by atomic mass is 79.9. The molecule has 0 fully saturated rings. The molecule has 0 saturated heterocycles. The van der Waals surface area contributed by atoms with Crippen molar-refractivity contribution in [3.8, 4) is 5.75 Å². The van der Waals surface area contributed by atoms with Crippen LogP contribution >= 0.6 is 15.9 Å². The van der Waals surface area contributed by atoms with E-state index in [1.807, 2.05) is 26.0 Å². The number of methoxy groups -OCH3 is 1. The summed E-state index contributed by atoms with van der Waals surface area (Å²) < 4.78 is 4.94. The van der Waals surface area contributed by atoms with Crippen LogP contribution in [0.25, 0.3) is 0 Å². The molecule has 1 atom stereocenters. The first-order valence-corrected chi connectivity index (χ1v) is 8.27. The van der Waals surface area contributed by atoms with Crippen molar-refractivity contribution >= 4 is 15.9 Å². The van der Waals surface area contributed by atoms with Crippen molar-refractivity contribution in [2.75, 3.05) is 7.11 Å². The smallest absolute Gasteiger partial charge is 0.118 e. The molecule has 0 saturated carbocycles. The molecule has 0 bridgehead atoms. The molecule has 1 aromatic rings. The van der Waals surface area contributed by atoms with E-state index in [2.05, 4.69) is 41.1 Å². The summed E-state index contributed by atoms with van der Waals surface area (Å²) in [6.07, 6.45) is 5.77. The van der Waals surface area contributed by atoms with E-state index in [4.69, 9.17) is 4.74 Å². The van der Waals surface area contributed by atoms with E-state index in [9.17, 15) is 5.11 Å². The zero-order chi connectivity index (χ0) is 15.9. The van der Waals surface area contributed by atoms with Gasteiger partial charge in [0.2, 0.25) is 0 Å². The number of ether oxygens (including phenoxy) is 1. The zero-order valence-electron chi connectivity index (χ0n) is 13.5.